The van der Waals surface area contributed by atoms with Gasteiger partial charge < -0.3 is 33.8 Å². The summed E-state index contributed by atoms with van der Waals surface area (Å²) in [5.74, 6) is 0.919. The van der Waals surface area contributed by atoms with Gasteiger partial charge in [-0.15, -0.1) is 0 Å². The van der Waals surface area contributed by atoms with Crippen LogP contribution < -0.4 is 0 Å². The van der Waals surface area contributed by atoms with Gasteiger partial charge >= 0.3 is 39.5 Å². The average molecular weight is 1330 g/mol. The molecule has 5 unspecified atom stereocenters. The number of esters is 4. The molecule has 0 heterocycles. The van der Waals surface area contributed by atoms with Gasteiger partial charge in [0, 0.05) is 25.7 Å². The molecule has 0 aliphatic carbocycles. The van der Waals surface area contributed by atoms with Crippen molar-refractivity contribution >= 4 is 39.5 Å². The highest BCUT2D eigenvalue weighted by atomic mass is 31.2. The van der Waals surface area contributed by atoms with Crippen molar-refractivity contribution in [1.29, 1.82) is 0 Å². The number of hydrogen-bond acceptors (Lipinski definition) is 15. The predicted octanol–water partition coefficient (Wildman–Crippen LogP) is 20.1. The first-order chi connectivity index (χ1) is 43.2. The number of unbranched alkanes of at least 4 members (excludes halogenated alkanes) is 31. The van der Waals surface area contributed by atoms with Gasteiger partial charge in [-0.25, -0.2) is 9.13 Å². The zero-order chi connectivity index (χ0) is 66.8. The number of phosphoric acid groups is 2. The van der Waals surface area contributed by atoms with E-state index < -0.39 is 97.5 Å². The fraction of sp³-hybridized carbons (Fsp3) is 0.944. The fourth-order valence-corrected chi connectivity index (χ4v) is 12.1. The lowest BCUT2D eigenvalue weighted by Crippen LogP contribution is -2.30. The number of aliphatic hydroxyl groups is 1. The van der Waals surface area contributed by atoms with Gasteiger partial charge in [-0.3, -0.25) is 37.3 Å². The van der Waals surface area contributed by atoms with E-state index in [9.17, 15) is 43.2 Å². The second-order valence-corrected chi connectivity index (χ2v) is 29.7. The minimum absolute atomic E-state index is 0.102. The topological polar surface area (TPSA) is 237 Å². The minimum Gasteiger partial charge on any atom is -0.462 e. The van der Waals surface area contributed by atoms with E-state index in [1.54, 1.807) is 0 Å². The highest BCUT2D eigenvalue weighted by Gasteiger charge is 2.30. The second kappa shape index (κ2) is 60.7. The maximum Gasteiger partial charge on any atom is 0.472 e. The molecule has 0 aromatic heterocycles. The Labute approximate surface area is 549 Å². The first-order valence-corrected chi connectivity index (χ1v) is 39.8. The third kappa shape index (κ3) is 61.0. The van der Waals surface area contributed by atoms with Gasteiger partial charge in [0.1, 0.15) is 19.3 Å². The van der Waals surface area contributed by atoms with E-state index in [4.69, 9.17) is 37.0 Å². The van der Waals surface area contributed by atoms with Crippen molar-refractivity contribution in [3.05, 3.63) is 0 Å². The van der Waals surface area contributed by atoms with Gasteiger partial charge in [0.2, 0.25) is 0 Å². The summed E-state index contributed by atoms with van der Waals surface area (Å²) in [6.07, 6.45) is 43.1. The number of carbonyl (C=O) groups excluding carboxylic acids is 4. The van der Waals surface area contributed by atoms with Crippen LogP contribution in [0.3, 0.4) is 0 Å². The zero-order valence-corrected chi connectivity index (χ0v) is 60.6. The molecule has 0 aliphatic rings. The molecule has 0 aromatic rings. The molecule has 0 saturated carbocycles. The van der Waals surface area contributed by atoms with Gasteiger partial charge in [-0.2, -0.15) is 0 Å². The van der Waals surface area contributed by atoms with E-state index in [1.807, 2.05) is 0 Å². The van der Waals surface area contributed by atoms with Crippen LogP contribution in [0.2, 0.25) is 0 Å². The van der Waals surface area contributed by atoms with E-state index in [1.165, 1.54) is 148 Å². The summed E-state index contributed by atoms with van der Waals surface area (Å²) in [5.41, 5.74) is 0. The minimum atomic E-state index is -4.95. The summed E-state index contributed by atoms with van der Waals surface area (Å²) in [4.78, 5) is 72.5. The first kappa shape index (κ1) is 88.1. The van der Waals surface area contributed by atoms with Crippen molar-refractivity contribution in [3.63, 3.8) is 0 Å². The Morgan fingerprint density at radius 1 is 0.311 bits per heavy atom. The largest absolute Gasteiger partial charge is 0.472 e. The number of phosphoric ester groups is 2. The molecule has 90 heavy (non-hydrogen) atoms. The Morgan fingerprint density at radius 2 is 0.533 bits per heavy atom. The van der Waals surface area contributed by atoms with E-state index >= 15 is 0 Å². The van der Waals surface area contributed by atoms with Crippen LogP contribution in [0.1, 0.15) is 351 Å². The molecule has 8 atom stereocenters. The first-order valence-electron chi connectivity index (χ1n) is 36.8. The quantitative estimate of drug-likeness (QED) is 0.0222. The Kier molecular flexibility index (Phi) is 59.4. The maximum absolute atomic E-state index is 13.0. The number of rotatable bonds is 68. The zero-order valence-electron chi connectivity index (χ0n) is 58.8. The van der Waals surface area contributed by atoms with Gasteiger partial charge in [-0.05, 0) is 49.4 Å². The van der Waals surface area contributed by atoms with E-state index in [2.05, 4.69) is 55.4 Å². The van der Waals surface area contributed by atoms with Gasteiger partial charge in [0.15, 0.2) is 12.2 Å². The monoisotopic (exact) mass is 1320 g/mol. The third-order valence-corrected chi connectivity index (χ3v) is 19.3. The van der Waals surface area contributed by atoms with Crippen LogP contribution in [0, 0.1) is 23.7 Å². The van der Waals surface area contributed by atoms with Gasteiger partial charge in [0.05, 0.1) is 26.4 Å². The van der Waals surface area contributed by atoms with Crippen LogP contribution in [0.5, 0.6) is 0 Å². The van der Waals surface area contributed by atoms with Crippen molar-refractivity contribution in [2.24, 2.45) is 23.7 Å². The number of aliphatic hydroxyl groups excluding tert-OH is 1. The fourth-order valence-electron chi connectivity index (χ4n) is 10.6. The lowest BCUT2D eigenvalue weighted by molar-refractivity contribution is -0.161. The molecule has 0 bridgehead atoms. The standard InChI is InChI=1S/C71H138O17P2/c1-9-62(6)48-40-32-24-18-16-14-12-13-15-17-19-27-37-45-53-70(75)87-66(57-81-68(73)51-43-35-26-21-20-25-33-41-49-63(7)10-2)59-85-89(77,78)83-55-65(72)56-84-90(79,80)86-60-67(88-71(76)54-46-38-28-22-23-31-39-47-61(4)5)58-82-69(74)52-44-36-30-29-34-42-50-64(8)11-3/h61-67,72H,9-60H2,1-8H3,(H,77,78)(H,79,80)/t62?,63?,64?,65-,66-,67-/m1/s1. The molecule has 0 saturated heterocycles. The number of carbonyl (C=O) groups is 4. The molecule has 0 radical (unpaired) electrons. The molecule has 0 fully saturated rings. The van der Waals surface area contributed by atoms with Crippen molar-refractivity contribution in [3.8, 4) is 0 Å². The molecule has 534 valence electrons. The maximum atomic E-state index is 13.0. The average Bonchev–Trinajstić information content (AvgIpc) is 2.57. The second-order valence-electron chi connectivity index (χ2n) is 26.8. The van der Waals surface area contributed by atoms with E-state index in [0.29, 0.717) is 31.6 Å². The summed E-state index contributed by atoms with van der Waals surface area (Å²) in [6.45, 7) is 14.1. The summed E-state index contributed by atoms with van der Waals surface area (Å²) in [5, 5.41) is 10.6. The molecule has 0 amide bonds. The molecule has 0 aromatic carbocycles. The van der Waals surface area contributed by atoms with Crippen LogP contribution in [-0.4, -0.2) is 96.7 Å². The molecular weight excluding hydrogens is 1190 g/mol. The van der Waals surface area contributed by atoms with Crippen molar-refractivity contribution in [1.82, 2.24) is 0 Å². The lowest BCUT2D eigenvalue weighted by atomic mass is 9.99. The van der Waals surface area contributed by atoms with Crippen LogP contribution >= 0.6 is 15.6 Å². The Morgan fingerprint density at radius 3 is 0.789 bits per heavy atom. The molecule has 0 aliphatic heterocycles. The van der Waals surface area contributed by atoms with Gasteiger partial charge in [-0.1, -0.05) is 299 Å². The van der Waals surface area contributed by atoms with Crippen molar-refractivity contribution < 1.29 is 80.2 Å². The predicted molar refractivity (Wildman–Crippen MR) is 363 cm³/mol. The molecule has 0 rings (SSSR count). The van der Waals surface area contributed by atoms with E-state index in [-0.39, 0.29) is 25.7 Å². The molecule has 0 spiro atoms. The highest BCUT2D eigenvalue weighted by molar-refractivity contribution is 7.47. The molecule has 17 nitrogen and oxygen atoms in total. The summed E-state index contributed by atoms with van der Waals surface area (Å²) in [7, 11) is -9.90. The van der Waals surface area contributed by atoms with Crippen LogP contribution in [0.25, 0.3) is 0 Å². The highest BCUT2D eigenvalue weighted by Crippen LogP contribution is 2.45. The van der Waals surface area contributed by atoms with Crippen LogP contribution in [-0.2, 0) is 65.4 Å². The van der Waals surface area contributed by atoms with Crippen molar-refractivity contribution in [2.75, 3.05) is 39.6 Å². The third-order valence-electron chi connectivity index (χ3n) is 17.4. The summed E-state index contributed by atoms with van der Waals surface area (Å²) < 4.78 is 68.3. The summed E-state index contributed by atoms with van der Waals surface area (Å²) >= 11 is 0. The molecular formula is C71H138O17P2. The smallest absolute Gasteiger partial charge is 0.462 e. The molecule has 3 N–H and O–H groups in total. The summed E-state index contributed by atoms with van der Waals surface area (Å²) in [6, 6.07) is 0. The number of ether oxygens (including phenoxy) is 4. The van der Waals surface area contributed by atoms with Gasteiger partial charge in [0.25, 0.3) is 0 Å². The van der Waals surface area contributed by atoms with Crippen LogP contribution in [0.4, 0.5) is 0 Å². The van der Waals surface area contributed by atoms with E-state index in [0.717, 1.165) is 114 Å². The van der Waals surface area contributed by atoms with Crippen molar-refractivity contribution in [2.45, 2.75) is 369 Å². The number of hydrogen-bond donors (Lipinski definition) is 3. The SMILES string of the molecule is CCC(C)CCCCCCCCCCCCCCCCC(=O)O[C@H](COC(=O)CCCCCCCCCCC(C)CC)COP(=O)(O)OC[C@@H](O)COP(=O)(O)OC[C@@H](COC(=O)CCCCCCCCC(C)CC)OC(=O)CCCCCCCCCC(C)C. The Balaban J connectivity index is 5.24. The Bertz CT molecular complexity index is 1790. The van der Waals surface area contributed by atoms with Crippen LogP contribution in [0.15, 0.2) is 0 Å². The Hall–Kier alpha value is -1.94. The lowest BCUT2D eigenvalue weighted by Gasteiger charge is -2.21. The molecule has 19 heteroatoms. The normalized spacial score (nSPS) is 15.2.